The summed E-state index contributed by atoms with van der Waals surface area (Å²) in [4.78, 5) is 5.01. The van der Waals surface area contributed by atoms with Crippen LogP contribution in [0.3, 0.4) is 0 Å². The summed E-state index contributed by atoms with van der Waals surface area (Å²) in [6.07, 6.45) is 4.02. The second-order valence-corrected chi connectivity index (χ2v) is 7.17. The van der Waals surface area contributed by atoms with Gasteiger partial charge in [0.15, 0.2) is 0 Å². The van der Waals surface area contributed by atoms with Gasteiger partial charge >= 0.3 is 0 Å². The van der Waals surface area contributed by atoms with Gasteiger partial charge in [0, 0.05) is 25.7 Å². The van der Waals surface area contributed by atoms with Crippen LogP contribution in [-0.4, -0.2) is 56.1 Å². The fourth-order valence-corrected chi connectivity index (χ4v) is 3.33. The summed E-state index contributed by atoms with van der Waals surface area (Å²) in [5.41, 5.74) is 6.03. The lowest BCUT2D eigenvalue weighted by Crippen LogP contribution is -2.49. The van der Waals surface area contributed by atoms with Crippen molar-refractivity contribution in [1.82, 2.24) is 9.80 Å². The van der Waals surface area contributed by atoms with Gasteiger partial charge in [0.25, 0.3) is 0 Å². The smallest absolute Gasteiger partial charge is 0.0139 e. The van der Waals surface area contributed by atoms with Crippen LogP contribution in [0.15, 0.2) is 0 Å². The van der Waals surface area contributed by atoms with E-state index in [4.69, 9.17) is 5.73 Å². The van der Waals surface area contributed by atoms with Gasteiger partial charge in [-0.25, -0.2) is 0 Å². The molecule has 3 unspecified atom stereocenters. The van der Waals surface area contributed by atoms with Crippen LogP contribution in [-0.2, 0) is 0 Å². The second-order valence-electron chi connectivity index (χ2n) is 7.17. The lowest BCUT2D eigenvalue weighted by molar-refractivity contribution is 0.0703. The minimum absolute atomic E-state index is 0.705. The molecule has 0 radical (unpaired) electrons. The second kappa shape index (κ2) is 8.23. The molecule has 0 aromatic carbocycles. The topological polar surface area (TPSA) is 32.5 Å². The van der Waals surface area contributed by atoms with Gasteiger partial charge in [-0.1, -0.05) is 27.2 Å². The summed E-state index contributed by atoms with van der Waals surface area (Å²) in [6, 6.07) is 0.705. The highest BCUT2D eigenvalue weighted by atomic mass is 15.2. The molecule has 1 fully saturated rings. The highest BCUT2D eigenvalue weighted by Gasteiger charge is 2.32. The van der Waals surface area contributed by atoms with Crippen LogP contribution in [0.25, 0.3) is 0 Å². The first-order valence-corrected chi connectivity index (χ1v) is 8.02. The summed E-state index contributed by atoms with van der Waals surface area (Å²) in [5, 5.41) is 0. The summed E-state index contributed by atoms with van der Waals surface area (Å²) in [5.74, 6) is 2.30. The van der Waals surface area contributed by atoms with E-state index in [0.29, 0.717) is 12.0 Å². The molecule has 0 spiro atoms. The Morgan fingerprint density at radius 3 is 2.37 bits per heavy atom. The fourth-order valence-electron chi connectivity index (χ4n) is 3.33. The van der Waals surface area contributed by atoms with Crippen LogP contribution >= 0.6 is 0 Å². The van der Waals surface area contributed by atoms with Crippen molar-refractivity contribution >= 4 is 0 Å². The summed E-state index contributed by atoms with van der Waals surface area (Å²) in [6.45, 7) is 11.4. The zero-order valence-corrected chi connectivity index (χ0v) is 13.7. The van der Waals surface area contributed by atoms with Crippen LogP contribution in [0.2, 0.25) is 0 Å². The largest absolute Gasteiger partial charge is 0.330 e. The summed E-state index contributed by atoms with van der Waals surface area (Å²) < 4.78 is 0. The van der Waals surface area contributed by atoms with Crippen LogP contribution < -0.4 is 5.73 Å². The van der Waals surface area contributed by atoms with Gasteiger partial charge in [-0.2, -0.15) is 0 Å². The Morgan fingerprint density at radius 1 is 1.16 bits per heavy atom. The molecule has 0 aliphatic heterocycles. The number of nitrogens with two attached hydrogens (primary N) is 1. The molecular weight excluding hydrogens is 234 g/mol. The van der Waals surface area contributed by atoms with E-state index in [1.54, 1.807) is 0 Å². The van der Waals surface area contributed by atoms with Gasteiger partial charge in [0.2, 0.25) is 0 Å². The molecule has 19 heavy (non-hydrogen) atoms. The summed E-state index contributed by atoms with van der Waals surface area (Å²) in [7, 11) is 4.33. The minimum atomic E-state index is 0.705. The van der Waals surface area contributed by atoms with Crippen molar-refractivity contribution in [2.75, 3.05) is 40.3 Å². The average molecular weight is 269 g/mol. The molecule has 114 valence electrons. The molecule has 1 rings (SSSR count). The molecule has 0 aromatic heterocycles. The normalized spacial score (nSPS) is 28.6. The van der Waals surface area contributed by atoms with Gasteiger partial charge in [-0.05, 0) is 51.2 Å². The van der Waals surface area contributed by atoms with Gasteiger partial charge in [0.05, 0.1) is 0 Å². The molecule has 2 N–H and O–H groups in total. The highest BCUT2D eigenvalue weighted by Crippen LogP contribution is 2.32. The molecule has 0 aromatic rings. The monoisotopic (exact) mass is 269 g/mol. The molecular formula is C16H35N3. The molecule has 1 aliphatic rings. The lowest BCUT2D eigenvalue weighted by atomic mass is 9.78. The van der Waals surface area contributed by atoms with E-state index in [2.05, 4.69) is 44.7 Å². The number of hydrogen-bond donors (Lipinski definition) is 1. The van der Waals surface area contributed by atoms with Gasteiger partial charge in [-0.15, -0.1) is 0 Å². The Balaban J connectivity index is 2.68. The average Bonchev–Trinajstić information content (AvgIpc) is 2.33. The first-order valence-electron chi connectivity index (χ1n) is 8.02. The van der Waals surface area contributed by atoms with Crippen molar-refractivity contribution in [3.63, 3.8) is 0 Å². The van der Waals surface area contributed by atoms with Gasteiger partial charge in [0.1, 0.15) is 0 Å². The molecule has 0 amide bonds. The van der Waals surface area contributed by atoms with Crippen molar-refractivity contribution in [1.29, 1.82) is 0 Å². The van der Waals surface area contributed by atoms with Crippen molar-refractivity contribution in [2.45, 2.75) is 46.1 Å². The Labute approximate surface area is 120 Å². The van der Waals surface area contributed by atoms with Crippen LogP contribution in [0, 0.1) is 17.8 Å². The zero-order chi connectivity index (χ0) is 14.4. The van der Waals surface area contributed by atoms with Crippen molar-refractivity contribution in [2.24, 2.45) is 23.5 Å². The fraction of sp³-hybridized carbons (Fsp3) is 1.00. The van der Waals surface area contributed by atoms with E-state index in [0.717, 1.165) is 24.9 Å². The highest BCUT2D eigenvalue weighted by molar-refractivity contribution is 4.87. The number of hydrogen-bond acceptors (Lipinski definition) is 3. The van der Waals surface area contributed by atoms with Crippen molar-refractivity contribution in [3.8, 4) is 0 Å². The Bertz CT molecular complexity index is 240. The summed E-state index contributed by atoms with van der Waals surface area (Å²) >= 11 is 0. The maximum absolute atomic E-state index is 6.03. The SMILES string of the molecule is CC(C)CN(CCN(C)C)C1CC(C)CCC1CN. The molecule has 0 bridgehead atoms. The Kier molecular flexibility index (Phi) is 7.33. The Hall–Kier alpha value is -0.120. The van der Waals surface area contributed by atoms with Gasteiger partial charge < -0.3 is 10.6 Å². The molecule has 1 aliphatic carbocycles. The maximum atomic E-state index is 6.03. The van der Waals surface area contributed by atoms with E-state index in [9.17, 15) is 0 Å². The van der Waals surface area contributed by atoms with Crippen LogP contribution in [0.1, 0.15) is 40.0 Å². The molecule has 0 heterocycles. The minimum Gasteiger partial charge on any atom is -0.330 e. The van der Waals surface area contributed by atoms with E-state index < -0.39 is 0 Å². The van der Waals surface area contributed by atoms with Crippen LogP contribution in [0.5, 0.6) is 0 Å². The van der Waals surface area contributed by atoms with Crippen molar-refractivity contribution < 1.29 is 0 Å². The number of nitrogens with zero attached hydrogens (tertiary/aromatic N) is 2. The van der Waals surface area contributed by atoms with Crippen molar-refractivity contribution in [3.05, 3.63) is 0 Å². The van der Waals surface area contributed by atoms with E-state index in [-0.39, 0.29) is 0 Å². The quantitative estimate of drug-likeness (QED) is 0.769. The Morgan fingerprint density at radius 2 is 1.84 bits per heavy atom. The first kappa shape index (κ1) is 16.9. The molecule has 3 heteroatoms. The third-order valence-electron chi connectivity index (χ3n) is 4.42. The predicted octanol–water partition coefficient (Wildman–Crippen LogP) is 2.27. The number of rotatable bonds is 7. The molecule has 3 atom stereocenters. The first-order chi connectivity index (χ1) is 8.93. The van der Waals surface area contributed by atoms with Gasteiger partial charge in [-0.3, -0.25) is 4.90 Å². The van der Waals surface area contributed by atoms with E-state index in [1.807, 2.05) is 0 Å². The predicted molar refractivity (Wildman–Crippen MR) is 84.3 cm³/mol. The molecule has 0 saturated heterocycles. The lowest BCUT2D eigenvalue weighted by Gasteiger charge is -2.43. The standard InChI is InChI=1S/C16H35N3/c1-13(2)12-19(9-8-18(4)5)16-10-14(3)6-7-15(16)11-17/h13-16H,6-12,17H2,1-5H3. The third-order valence-corrected chi connectivity index (χ3v) is 4.42. The maximum Gasteiger partial charge on any atom is 0.0139 e. The molecule has 3 nitrogen and oxygen atoms in total. The zero-order valence-electron chi connectivity index (χ0n) is 13.7. The van der Waals surface area contributed by atoms with E-state index in [1.165, 1.54) is 32.4 Å². The third kappa shape index (κ3) is 5.80. The van der Waals surface area contributed by atoms with E-state index >= 15 is 0 Å². The molecule has 1 saturated carbocycles. The number of likely N-dealkylation sites (N-methyl/N-ethyl adjacent to an activating group) is 1. The van der Waals surface area contributed by atoms with Crippen LogP contribution in [0.4, 0.5) is 0 Å².